The molecule has 1 aromatic carbocycles. The molecule has 0 atom stereocenters. The highest BCUT2D eigenvalue weighted by atomic mass is 19.2. The average Bonchev–Trinajstić information content (AvgIpc) is 2.30. The number of halogens is 4. The van der Waals surface area contributed by atoms with Crippen LogP contribution in [0.15, 0.2) is 6.07 Å². The van der Waals surface area contributed by atoms with Gasteiger partial charge in [0.1, 0.15) is 0 Å². The first-order chi connectivity index (χ1) is 8.19. The summed E-state index contributed by atoms with van der Waals surface area (Å²) in [5.41, 5.74) is -2.07. The van der Waals surface area contributed by atoms with E-state index in [1.165, 1.54) is 13.8 Å². The van der Waals surface area contributed by atoms with Crippen LogP contribution in [0.4, 0.5) is 17.6 Å². The largest absolute Gasteiger partial charge is 0.394 e. The van der Waals surface area contributed by atoms with Gasteiger partial charge in [0.15, 0.2) is 23.3 Å². The van der Waals surface area contributed by atoms with Crippen LogP contribution >= 0.6 is 0 Å². The van der Waals surface area contributed by atoms with E-state index in [0.717, 1.165) is 0 Å². The predicted molar refractivity (Wildman–Crippen MR) is 54.9 cm³/mol. The Kier molecular flexibility index (Phi) is 3.95. The summed E-state index contributed by atoms with van der Waals surface area (Å²) in [6, 6.07) is 0.260. The molecular formula is C11H11F4NO2. The van der Waals surface area contributed by atoms with Crippen LogP contribution in [-0.4, -0.2) is 23.2 Å². The number of hydrogen-bond acceptors (Lipinski definition) is 2. The molecule has 0 unspecified atom stereocenters. The average molecular weight is 265 g/mol. The summed E-state index contributed by atoms with van der Waals surface area (Å²) < 4.78 is 51.7. The molecule has 0 aromatic heterocycles. The lowest BCUT2D eigenvalue weighted by atomic mass is 10.1. The predicted octanol–water partition coefficient (Wildman–Crippen LogP) is 1.74. The van der Waals surface area contributed by atoms with E-state index in [1.807, 2.05) is 0 Å². The van der Waals surface area contributed by atoms with Crippen LogP contribution in [0.25, 0.3) is 0 Å². The van der Waals surface area contributed by atoms with Gasteiger partial charge in [-0.05, 0) is 19.9 Å². The minimum absolute atomic E-state index is 0.260. The lowest BCUT2D eigenvalue weighted by molar-refractivity contribution is 0.0863. The third kappa shape index (κ3) is 2.79. The van der Waals surface area contributed by atoms with Crippen molar-refractivity contribution in [2.75, 3.05) is 6.61 Å². The van der Waals surface area contributed by atoms with E-state index in [-0.39, 0.29) is 6.07 Å². The van der Waals surface area contributed by atoms with Crippen molar-refractivity contribution in [1.29, 1.82) is 0 Å². The first-order valence-electron chi connectivity index (χ1n) is 4.96. The first-order valence-corrected chi connectivity index (χ1v) is 4.96. The number of aliphatic hydroxyl groups excluding tert-OH is 1. The molecule has 18 heavy (non-hydrogen) atoms. The van der Waals surface area contributed by atoms with Crippen molar-refractivity contribution >= 4 is 5.91 Å². The number of amides is 1. The Balaban J connectivity index is 3.15. The van der Waals surface area contributed by atoms with Gasteiger partial charge in [-0.2, -0.15) is 0 Å². The lowest BCUT2D eigenvalue weighted by Gasteiger charge is -2.23. The Hall–Kier alpha value is -1.63. The Bertz CT molecular complexity index is 488. The molecule has 7 heteroatoms. The van der Waals surface area contributed by atoms with Crippen LogP contribution in [0, 0.1) is 23.3 Å². The van der Waals surface area contributed by atoms with Crippen LogP contribution in [0.2, 0.25) is 0 Å². The fraction of sp³-hybridized carbons (Fsp3) is 0.364. The summed E-state index contributed by atoms with van der Waals surface area (Å²) in [6.45, 7) is 2.37. The molecule has 1 aromatic rings. The second-order valence-corrected chi connectivity index (χ2v) is 4.34. The normalized spacial score (nSPS) is 11.5. The number of hydrogen-bond donors (Lipinski definition) is 2. The van der Waals surface area contributed by atoms with Crippen LogP contribution in [0.5, 0.6) is 0 Å². The molecule has 0 fully saturated rings. The SMILES string of the molecule is CC(C)(CO)NC(=O)c1cc(F)c(F)c(F)c1F. The maximum Gasteiger partial charge on any atom is 0.254 e. The highest BCUT2D eigenvalue weighted by Gasteiger charge is 2.26. The number of nitrogens with one attached hydrogen (secondary N) is 1. The van der Waals surface area contributed by atoms with Crippen LogP contribution < -0.4 is 5.32 Å². The fourth-order valence-electron chi connectivity index (χ4n) is 1.15. The molecule has 0 saturated carbocycles. The van der Waals surface area contributed by atoms with E-state index in [9.17, 15) is 22.4 Å². The Morgan fingerprint density at radius 1 is 1.22 bits per heavy atom. The Labute approximate surface area is 100 Å². The third-order valence-electron chi connectivity index (χ3n) is 2.19. The van der Waals surface area contributed by atoms with Gasteiger partial charge in [0, 0.05) is 0 Å². The fourth-order valence-corrected chi connectivity index (χ4v) is 1.15. The molecule has 3 nitrogen and oxygen atoms in total. The maximum absolute atomic E-state index is 13.3. The van der Waals surface area contributed by atoms with E-state index in [2.05, 4.69) is 5.32 Å². The molecule has 100 valence electrons. The number of benzene rings is 1. The summed E-state index contributed by atoms with van der Waals surface area (Å²) in [6.07, 6.45) is 0. The second kappa shape index (κ2) is 4.93. The van der Waals surface area contributed by atoms with E-state index in [0.29, 0.717) is 0 Å². The Morgan fingerprint density at radius 2 is 1.78 bits per heavy atom. The summed E-state index contributed by atoms with van der Waals surface area (Å²) >= 11 is 0. The van der Waals surface area contributed by atoms with Crippen molar-refractivity contribution in [3.8, 4) is 0 Å². The molecule has 1 rings (SSSR count). The van der Waals surface area contributed by atoms with Crippen molar-refractivity contribution in [2.24, 2.45) is 0 Å². The monoisotopic (exact) mass is 265 g/mol. The third-order valence-corrected chi connectivity index (χ3v) is 2.19. The highest BCUT2D eigenvalue weighted by molar-refractivity contribution is 5.95. The van der Waals surface area contributed by atoms with Gasteiger partial charge in [0.05, 0.1) is 17.7 Å². The Morgan fingerprint density at radius 3 is 2.28 bits per heavy atom. The zero-order valence-corrected chi connectivity index (χ0v) is 9.65. The van der Waals surface area contributed by atoms with Crippen molar-refractivity contribution in [3.05, 3.63) is 34.9 Å². The van der Waals surface area contributed by atoms with Gasteiger partial charge in [0.2, 0.25) is 0 Å². The van der Waals surface area contributed by atoms with Gasteiger partial charge in [-0.3, -0.25) is 4.79 Å². The van der Waals surface area contributed by atoms with Crippen LogP contribution in [0.3, 0.4) is 0 Å². The number of rotatable bonds is 3. The minimum Gasteiger partial charge on any atom is -0.394 e. The molecule has 0 aliphatic rings. The maximum atomic E-state index is 13.3. The molecule has 0 radical (unpaired) electrons. The van der Waals surface area contributed by atoms with Gasteiger partial charge < -0.3 is 10.4 Å². The van der Waals surface area contributed by atoms with Crippen LogP contribution in [-0.2, 0) is 0 Å². The quantitative estimate of drug-likeness (QED) is 0.497. The smallest absolute Gasteiger partial charge is 0.254 e. The minimum atomic E-state index is -2.05. The lowest BCUT2D eigenvalue weighted by Crippen LogP contribution is -2.46. The van der Waals surface area contributed by atoms with Gasteiger partial charge >= 0.3 is 0 Å². The molecular weight excluding hydrogens is 254 g/mol. The first kappa shape index (κ1) is 14.4. The summed E-state index contributed by atoms with van der Waals surface area (Å²) in [4.78, 5) is 11.5. The van der Waals surface area contributed by atoms with E-state index in [4.69, 9.17) is 5.11 Å². The molecule has 2 N–H and O–H groups in total. The summed E-state index contributed by atoms with van der Waals surface area (Å²) in [7, 11) is 0. The van der Waals surface area contributed by atoms with Gasteiger partial charge in [0.25, 0.3) is 5.91 Å². The molecule has 0 saturated heterocycles. The second-order valence-electron chi connectivity index (χ2n) is 4.34. The number of carbonyl (C=O) groups excluding carboxylic acids is 1. The van der Waals surface area contributed by atoms with Gasteiger partial charge in [-0.25, -0.2) is 17.6 Å². The van der Waals surface area contributed by atoms with Gasteiger partial charge in [-0.15, -0.1) is 0 Å². The topological polar surface area (TPSA) is 49.3 Å². The van der Waals surface area contributed by atoms with Crippen molar-refractivity contribution in [1.82, 2.24) is 5.32 Å². The molecule has 0 heterocycles. The van der Waals surface area contributed by atoms with Gasteiger partial charge in [-0.1, -0.05) is 0 Å². The van der Waals surface area contributed by atoms with Crippen LogP contribution in [0.1, 0.15) is 24.2 Å². The zero-order valence-electron chi connectivity index (χ0n) is 9.65. The molecule has 0 aliphatic heterocycles. The zero-order chi connectivity index (χ0) is 14.1. The van der Waals surface area contributed by atoms with E-state index in [1.54, 1.807) is 0 Å². The van der Waals surface area contributed by atoms with Crippen molar-refractivity contribution < 1.29 is 27.5 Å². The summed E-state index contributed by atoms with van der Waals surface area (Å²) in [5, 5.41) is 11.0. The standard InChI is InChI=1S/C11H11F4NO2/c1-11(2,4-17)16-10(18)5-3-6(12)8(14)9(15)7(5)13/h3,17H,4H2,1-2H3,(H,16,18). The highest BCUT2D eigenvalue weighted by Crippen LogP contribution is 2.19. The van der Waals surface area contributed by atoms with Crippen molar-refractivity contribution in [2.45, 2.75) is 19.4 Å². The molecule has 0 aliphatic carbocycles. The molecule has 0 spiro atoms. The van der Waals surface area contributed by atoms with E-state index >= 15 is 0 Å². The molecule has 1 amide bonds. The summed E-state index contributed by atoms with van der Waals surface area (Å²) in [5.74, 6) is -8.63. The number of aliphatic hydroxyl groups is 1. The number of carbonyl (C=O) groups is 1. The molecule has 0 bridgehead atoms. The van der Waals surface area contributed by atoms with E-state index < -0.39 is 46.9 Å². The van der Waals surface area contributed by atoms with Crippen molar-refractivity contribution in [3.63, 3.8) is 0 Å².